The van der Waals surface area contributed by atoms with Crippen LogP contribution in [-0.2, 0) is 14.3 Å². The van der Waals surface area contributed by atoms with Gasteiger partial charge in [-0.25, -0.2) is 4.79 Å². The van der Waals surface area contributed by atoms with E-state index in [0.29, 0.717) is 25.7 Å². The van der Waals surface area contributed by atoms with Gasteiger partial charge in [-0.3, -0.25) is 4.79 Å². The average molecular weight is 218 g/mol. The SMILES string of the molecule is CCCC(O)C(=O)OC(=O)CCCCO. The highest BCUT2D eigenvalue weighted by molar-refractivity contribution is 5.87. The van der Waals surface area contributed by atoms with Crippen LogP contribution in [0.4, 0.5) is 0 Å². The average Bonchev–Trinajstić information content (AvgIpc) is 2.18. The highest BCUT2D eigenvalue weighted by Gasteiger charge is 2.18. The van der Waals surface area contributed by atoms with E-state index in [1.165, 1.54) is 0 Å². The van der Waals surface area contributed by atoms with Gasteiger partial charge in [-0.2, -0.15) is 0 Å². The van der Waals surface area contributed by atoms with E-state index in [9.17, 15) is 14.7 Å². The number of esters is 2. The van der Waals surface area contributed by atoms with E-state index in [4.69, 9.17) is 5.11 Å². The van der Waals surface area contributed by atoms with E-state index >= 15 is 0 Å². The van der Waals surface area contributed by atoms with Crippen molar-refractivity contribution in [3.63, 3.8) is 0 Å². The first-order valence-corrected chi connectivity index (χ1v) is 5.15. The number of rotatable bonds is 7. The number of unbranched alkanes of at least 4 members (excludes halogenated alkanes) is 1. The molecule has 5 heteroatoms. The third kappa shape index (κ3) is 7.04. The Morgan fingerprint density at radius 1 is 1.33 bits per heavy atom. The smallest absolute Gasteiger partial charge is 0.342 e. The molecule has 0 spiro atoms. The number of carbonyl (C=O) groups excluding carboxylic acids is 2. The van der Waals surface area contributed by atoms with E-state index in [1.54, 1.807) is 0 Å². The van der Waals surface area contributed by atoms with Gasteiger partial charge in [0.2, 0.25) is 0 Å². The molecule has 0 aromatic rings. The summed E-state index contributed by atoms with van der Waals surface area (Å²) >= 11 is 0. The molecule has 0 bridgehead atoms. The molecular weight excluding hydrogens is 200 g/mol. The van der Waals surface area contributed by atoms with Crippen molar-refractivity contribution in [1.29, 1.82) is 0 Å². The summed E-state index contributed by atoms with van der Waals surface area (Å²) in [5.74, 6) is -1.53. The molecule has 1 unspecified atom stereocenters. The summed E-state index contributed by atoms with van der Waals surface area (Å²) < 4.78 is 4.40. The van der Waals surface area contributed by atoms with Crippen molar-refractivity contribution < 1.29 is 24.5 Å². The van der Waals surface area contributed by atoms with Crippen LogP contribution in [0.1, 0.15) is 39.0 Å². The zero-order chi connectivity index (χ0) is 11.7. The molecule has 0 radical (unpaired) electrons. The predicted octanol–water partition coefficient (Wildman–Crippen LogP) is 0.380. The summed E-state index contributed by atoms with van der Waals surface area (Å²) in [4.78, 5) is 22.0. The molecule has 0 heterocycles. The van der Waals surface area contributed by atoms with Gasteiger partial charge in [0, 0.05) is 13.0 Å². The van der Waals surface area contributed by atoms with Crippen molar-refractivity contribution in [2.24, 2.45) is 0 Å². The summed E-state index contributed by atoms with van der Waals surface area (Å²) in [5.41, 5.74) is 0. The Balaban J connectivity index is 3.70. The standard InChI is InChI=1S/C10H18O5/c1-2-5-8(12)10(14)15-9(13)6-3-4-7-11/h8,11-12H,2-7H2,1H3. The lowest BCUT2D eigenvalue weighted by Gasteiger charge is -2.07. The van der Waals surface area contributed by atoms with Crippen LogP contribution >= 0.6 is 0 Å². The summed E-state index contributed by atoms with van der Waals surface area (Å²) in [6.45, 7) is 1.83. The lowest BCUT2D eigenvalue weighted by atomic mass is 10.2. The van der Waals surface area contributed by atoms with Crippen LogP contribution in [0.5, 0.6) is 0 Å². The Bertz CT molecular complexity index is 202. The highest BCUT2D eigenvalue weighted by Crippen LogP contribution is 2.02. The molecule has 0 saturated carbocycles. The fraction of sp³-hybridized carbons (Fsp3) is 0.800. The van der Waals surface area contributed by atoms with Gasteiger partial charge in [0.05, 0.1) is 0 Å². The molecule has 5 nitrogen and oxygen atoms in total. The molecule has 0 aromatic heterocycles. The summed E-state index contributed by atoms with van der Waals surface area (Å²) in [6.07, 6.45) is 0.799. The van der Waals surface area contributed by atoms with Crippen molar-refractivity contribution >= 4 is 11.9 Å². The maximum absolute atomic E-state index is 11.0. The van der Waals surface area contributed by atoms with Crippen molar-refractivity contribution in [3.8, 4) is 0 Å². The maximum atomic E-state index is 11.0. The van der Waals surface area contributed by atoms with Crippen LogP contribution in [0.3, 0.4) is 0 Å². The number of aliphatic hydroxyl groups excluding tert-OH is 2. The van der Waals surface area contributed by atoms with Crippen molar-refractivity contribution in [3.05, 3.63) is 0 Å². The van der Waals surface area contributed by atoms with E-state index in [1.807, 2.05) is 6.92 Å². The second-order valence-corrected chi connectivity index (χ2v) is 3.28. The largest absolute Gasteiger partial charge is 0.396 e. The van der Waals surface area contributed by atoms with Crippen molar-refractivity contribution in [2.45, 2.75) is 45.1 Å². The van der Waals surface area contributed by atoms with Gasteiger partial charge in [-0.05, 0) is 19.3 Å². The number of aliphatic hydroxyl groups is 2. The van der Waals surface area contributed by atoms with Gasteiger partial charge in [0.15, 0.2) is 6.10 Å². The normalized spacial score (nSPS) is 12.2. The maximum Gasteiger partial charge on any atom is 0.342 e. The minimum atomic E-state index is -1.21. The molecule has 2 N–H and O–H groups in total. The van der Waals surface area contributed by atoms with Crippen LogP contribution in [0.15, 0.2) is 0 Å². The Morgan fingerprint density at radius 2 is 2.00 bits per heavy atom. The van der Waals surface area contributed by atoms with E-state index in [0.717, 1.165) is 0 Å². The zero-order valence-electron chi connectivity index (χ0n) is 8.94. The van der Waals surface area contributed by atoms with Crippen LogP contribution in [0.2, 0.25) is 0 Å². The molecule has 0 fully saturated rings. The topological polar surface area (TPSA) is 83.8 Å². The first-order chi connectivity index (χ1) is 7.11. The number of hydrogen-bond acceptors (Lipinski definition) is 5. The number of ether oxygens (including phenoxy) is 1. The molecule has 0 aliphatic carbocycles. The summed E-state index contributed by atoms with van der Waals surface area (Å²) in [7, 11) is 0. The third-order valence-electron chi connectivity index (χ3n) is 1.84. The quantitative estimate of drug-likeness (QED) is 0.366. The monoisotopic (exact) mass is 218 g/mol. The molecule has 88 valence electrons. The van der Waals surface area contributed by atoms with Gasteiger partial charge < -0.3 is 14.9 Å². The second-order valence-electron chi connectivity index (χ2n) is 3.28. The Morgan fingerprint density at radius 3 is 2.53 bits per heavy atom. The van der Waals surface area contributed by atoms with Gasteiger partial charge in [0.1, 0.15) is 0 Å². The van der Waals surface area contributed by atoms with Gasteiger partial charge >= 0.3 is 11.9 Å². The minimum Gasteiger partial charge on any atom is -0.396 e. The Kier molecular flexibility index (Phi) is 7.85. The molecule has 0 aliphatic rings. The molecule has 0 aliphatic heterocycles. The molecular formula is C10H18O5. The molecule has 0 saturated heterocycles. The minimum absolute atomic E-state index is 0.0136. The van der Waals surface area contributed by atoms with Crippen molar-refractivity contribution in [2.75, 3.05) is 6.61 Å². The fourth-order valence-electron chi connectivity index (χ4n) is 1.00. The Labute approximate surface area is 89.0 Å². The molecule has 0 rings (SSSR count). The van der Waals surface area contributed by atoms with Crippen LogP contribution < -0.4 is 0 Å². The molecule has 0 amide bonds. The van der Waals surface area contributed by atoms with Gasteiger partial charge in [0.25, 0.3) is 0 Å². The van der Waals surface area contributed by atoms with Gasteiger partial charge in [-0.1, -0.05) is 13.3 Å². The number of carbonyl (C=O) groups is 2. The molecule has 0 aromatic carbocycles. The van der Waals surface area contributed by atoms with E-state index in [-0.39, 0.29) is 13.0 Å². The summed E-state index contributed by atoms with van der Waals surface area (Å²) in [5, 5.41) is 17.6. The third-order valence-corrected chi connectivity index (χ3v) is 1.84. The van der Waals surface area contributed by atoms with E-state index in [2.05, 4.69) is 4.74 Å². The lowest BCUT2D eigenvalue weighted by molar-refractivity contribution is -0.166. The van der Waals surface area contributed by atoms with Crippen LogP contribution in [0, 0.1) is 0 Å². The van der Waals surface area contributed by atoms with Crippen LogP contribution in [0.25, 0.3) is 0 Å². The fourth-order valence-corrected chi connectivity index (χ4v) is 1.00. The lowest BCUT2D eigenvalue weighted by Crippen LogP contribution is -2.25. The van der Waals surface area contributed by atoms with Crippen LogP contribution in [-0.4, -0.2) is 34.9 Å². The number of hydrogen-bond donors (Lipinski definition) is 2. The Hall–Kier alpha value is -0.940. The summed E-state index contributed by atoms with van der Waals surface area (Å²) in [6, 6.07) is 0. The molecule has 15 heavy (non-hydrogen) atoms. The highest BCUT2D eigenvalue weighted by atomic mass is 16.6. The first-order valence-electron chi connectivity index (χ1n) is 5.15. The van der Waals surface area contributed by atoms with E-state index < -0.39 is 18.0 Å². The van der Waals surface area contributed by atoms with Gasteiger partial charge in [-0.15, -0.1) is 0 Å². The predicted molar refractivity (Wildman–Crippen MR) is 53.0 cm³/mol. The first kappa shape index (κ1) is 14.1. The second kappa shape index (κ2) is 8.38. The molecule has 1 atom stereocenters. The zero-order valence-corrected chi connectivity index (χ0v) is 8.94. The van der Waals surface area contributed by atoms with Crippen molar-refractivity contribution in [1.82, 2.24) is 0 Å².